The lowest BCUT2D eigenvalue weighted by atomic mass is 10.1. The van der Waals surface area contributed by atoms with Crippen molar-refractivity contribution in [1.29, 1.82) is 0 Å². The molecule has 4 heteroatoms. The molecule has 0 amide bonds. The number of ether oxygens (including phenoxy) is 2. The van der Waals surface area contributed by atoms with Crippen molar-refractivity contribution in [3.8, 4) is 17.2 Å². The van der Waals surface area contributed by atoms with Crippen LogP contribution in [0.4, 0.5) is 0 Å². The van der Waals surface area contributed by atoms with E-state index in [9.17, 15) is 0 Å². The van der Waals surface area contributed by atoms with Crippen LogP contribution in [0.15, 0.2) is 42.5 Å². The van der Waals surface area contributed by atoms with Crippen LogP contribution in [-0.4, -0.2) is 7.11 Å². The SMILES string of the molecule is COc1cccc(Oc2ccc([C@H](C)N)cc2Cl)c1. The highest BCUT2D eigenvalue weighted by atomic mass is 35.5. The van der Waals surface area contributed by atoms with Crippen molar-refractivity contribution in [2.24, 2.45) is 5.73 Å². The average molecular weight is 278 g/mol. The Morgan fingerprint density at radius 3 is 2.47 bits per heavy atom. The van der Waals surface area contributed by atoms with Gasteiger partial charge in [-0.25, -0.2) is 0 Å². The van der Waals surface area contributed by atoms with Gasteiger partial charge in [0.05, 0.1) is 12.1 Å². The molecule has 1 atom stereocenters. The van der Waals surface area contributed by atoms with Crippen molar-refractivity contribution in [2.75, 3.05) is 7.11 Å². The maximum Gasteiger partial charge on any atom is 0.146 e. The highest BCUT2D eigenvalue weighted by molar-refractivity contribution is 6.32. The summed E-state index contributed by atoms with van der Waals surface area (Å²) in [4.78, 5) is 0. The Kier molecular flexibility index (Phi) is 4.30. The summed E-state index contributed by atoms with van der Waals surface area (Å²) >= 11 is 6.19. The van der Waals surface area contributed by atoms with Crippen molar-refractivity contribution in [1.82, 2.24) is 0 Å². The van der Waals surface area contributed by atoms with E-state index in [1.54, 1.807) is 13.2 Å². The summed E-state index contributed by atoms with van der Waals surface area (Å²) in [5.41, 5.74) is 6.78. The predicted octanol–water partition coefficient (Wildman–Crippen LogP) is 4.16. The average Bonchev–Trinajstić information content (AvgIpc) is 2.41. The molecule has 0 heterocycles. The summed E-state index contributed by atoms with van der Waals surface area (Å²) in [6, 6.07) is 12.9. The molecular formula is C15H16ClNO2. The minimum atomic E-state index is -0.0524. The van der Waals surface area contributed by atoms with E-state index in [-0.39, 0.29) is 6.04 Å². The molecule has 0 aliphatic carbocycles. The van der Waals surface area contributed by atoms with Gasteiger partial charge in [-0.2, -0.15) is 0 Å². The Labute approximate surface area is 117 Å². The molecule has 0 radical (unpaired) electrons. The van der Waals surface area contributed by atoms with Gasteiger partial charge in [-0.05, 0) is 36.8 Å². The molecule has 0 aliphatic rings. The topological polar surface area (TPSA) is 44.5 Å². The van der Waals surface area contributed by atoms with E-state index in [2.05, 4.69) is 0 Å². The third kappa shape index (κ3) is 3.40. The maximum atomic E-state index is 6.19. The Balaban J connectivity index is 2.23. The van der Waals surface area contributed by atoms with Gasteiger partial charge in [-0.1, -0.05) is 23.7 Å². The minimum Gasteiger partial charge on any atom is -0.497 e. The maximum absolute atomic E-state index is 6.19. The number of nitrogens with two attached hydrogens (primary N) is 1. The summed E-state index contributed by atoms with van der Waals surface area (Å²) in [6.45, 7) is 1.91. The summed E-state index contributed by atoms with van der Waals surface area (Å²) in [7, 11) is 1.61. The van der Waals surface area contributed by atoms with Crippen molar-refractivity contribution in [2.45, 2.75) is 13.0 Å². The fraction of sp³-hybridized carbons (Fsp3) is 0.200. The van der Waals surface area contributed by atoms with E-state index in [0.717, 1.165) is 11.3 Å². The van der Waals surface area contributed by atoms with Crippen molar-refractivity contribution in [3.63, 3.8) is 0 Å². The first-order chi connectivity index (χ1) is 9.10. The first-order valence-electron chi connectivity index (χ1n) is 5.97. The number of methoxy groups -OCH3 is 1. The predicted molar refractivity (Wildman–Crippen MR) is 77.1 cm³/mol. The van der Waals surface area contributed by atoms with E-state index in [1.165, 1.54) is 0 Å². The summed E-state index contributed by atoms with van der Waals surface area (Å²) in [5, 5.41) is 0.539. The normalized spacial score (nSPS) is 12.0. The number of hydrogen-bond donors (Lipinski definition) is 1. The van der Waals surface area contributed by atoms with Crippen molar-refractivity contribution in [3.05, 3.63) is 53.1 Å². The van der Waals surface area contributed by atoms with Crippen LogP contribution in [0, 0.1) is 0 Å². The van der Waals surface area contributed by atoms with Crippen LogP contribution < -0.4 is 15.2 Å². The van der Waals surface area contributed by atoms with Crippen molar-refractivity contribution < 1.29 is 9.47 Å². The first-order valence-corrected chi connectivity index (χ1v) is 6.35. The largest absolute Gasteiger partial charge is 0.497 e. The standard InChI is InChI=1S/C15H16ClNO2/c1-10(17)11-6-7-15(14(16)8-11)19-13-5-3-4-12(9-13)18-2/h3-10H,17H2,1-2H3/t10-/m0/s1. The lowest BCUT2D eigenvalue weighted by Gasteiger charge is -2.11. The quantitative estimate of drug-likeness (QED) is 0.912. The second-order valence-corrected chi connectivity index (χ2v) is 4.67. The van der Waals surface area contributed by atoms with Crippen LogP contribution in [0.3, 0.4) is 0 Å². The Morgan fingerprint density at radius 2 is 1.84 bits per heavy atom. The van der Waals surface area contributed by atoms with Gasteiger partial charge >= 0.3 is 0 Å². The van der Waals surface area contributed by atoms with Gasteiger partial charge in [0.1, 0.15) is 17.2 Å². The van der Waals surface area contributed by atoms with E-state index >= 15 is 0 Å². The molecule has 0 saturated heterocycles. The molecule has 2 N–H and O–H groups in total. The van der Waals surface area contributed by atoms with Gasteiger partial charge in [0, 0.05) is 12.1 Å². The van der Waals surface area contributed by atoms with Crippen LogP contribution in [0.1, 0.15) is 18.5 Å². The molecular weight excluding hydrogens is 262 g/mol. The molecule has 2 aromatic rings. The van der Waals surface area contributed by atoms with Crippen LogP contribution in [0.5, 0.6) is 17.2 Å². The molecule has 0 fully saturated rings. The zero-order chi connectivity index (χ0) is 13.8. The molecule has 0 unspecified atom stereocenters. The Bertz CT molecular complexity index is 570. The first kappa shape index (κ1) is 13.7. The molecule has 2 rings (SSSR count). The van der Waals surface area contributed by atoms with Crippen molar-refractivity contribution >= 4 is 11.6 Å². The van der Waals surface area contributed by atoms with E-state index in [1.807, 2.05) is 43.3 Å². The number of hydrogen-bond acceptors (Lipinski definition) is 3. The summed E-state index contributed by atoms with van der Waals surface area (Å²) in [6.07, 6.45) is 0. The second-order valence-electron chi connectivity index (χ2n) is 4.26. The molecule has 100 valence electrons. The molecule has 2 aromatic carbocycles. The minimum absolute atomic E-state index is 0.0524. The molecule has 19 heavy (non-hydrogen) atoms. The van der Waals surface area contributed by atoms with Gasteiger partial charge in [-0.15, -0.1) is 0 Å². The third-order valence-corrected chi connectivity index (χ3v) is 3.05. The van der Waals surface area contributed by atoms with Gasteiger partial charge in [-0.3, -0.25) is 0 Å². The van der Waals surface area contributed by atoms with Crippen LogP contribution >= 0.6 is 11.6 Å². The number of rotatable bonds is 4. The zero-order valence-electron chi connectivity index (χ0n) is 10.9. The Hall–Kier alpha value is -1.71. The second kappa shape index (κ2) is 5.95. The fourth-order valence-corrected chi connectivity index (χ4v) is 1.90. The summed E-state index contributed by atoms with van der Waals surface area (Å²) < 4.78 is 10.9. The van der Waals surface area contributed by atoms with Gasteiger partial charge in [0.2, 0.25) is 0 Å². The Morgan fingerprint density at radius 1 is 1.11 bits per heavy atom. The number of benzene rings is 2. The summed E-state index contributed by atoms with van der Waals surface area (Å²) in [5.74, 6) is 2.01. The highest BCUT2D eigenvalue weighted by Crippen LogP contribution is 2.32. The molecule has 3 nitrogen and oxygen atoms in total. The smallest absolute Gasteiger partial charge is 0.146 e. The van der Waals surface area contributed by atoms with Gasteiger partial charge < -0.3 is 15.2 Å². The van der Waals surface area contributed by atoms with Crippen LogP contribution in [0.2, 0.25) is 5.02 Å². The fourth-order valence-electron chi connectivity index (χ4n) is 1.67. The van der Waals surface area contributed by atoms with E-state index in [0.29, 0.717) is 16.5 Å². The highest BCUT2D eigenvalue weighted by Gasteiger charge is 2.07. The zero-order valence-corrected chi connectivity index (χ0v) is 11.6. The van der Waals surface area contributed by atoms with Gasteiger partial charge in [0.15, 0.2) is 0 Å². The number of halogens is 1. The van der Waals surface area contributed by atoms with Crippen LogP contribution in [0.25, 0.3) is 0 Å². The molecule has 0 aromatic heterocycles. The molecule has 0 spiro atoms. The third-order valence-electron chi connectivity index (χ3n) is 2.75. The molecule has 0 saturated carbocycles. The monoisotopic (exact) mass is 277 g/mol. The molecule has 0 aliphatic heterocycles. The van der Waals surface area contributed by atoms with Gasteiger partial charge in [0.25, 0.3) is 0 Å². The van der Waals surface area contributed by atoms with E-state index < -0.39 is 0 Å². The van der Waals surface area contributed by atoms with Crippen LogP contribution in [-0.2, 0) is 0 Å². The molecule has 0 bridgehead atoms. The lowest BCUT2D eigenvalue weighted by Crippen LogP contribution is -2.04. The van der Waals surface area contributed by atoms with E-state index in [4.69, 9.17) is 26.8 Å². The lowest BCUT2D eigenvalue weighted by molar-refractivity contribution is 0.409.